The third-order valence-corrected chi connectivity index (χ3v) is 6.70. The molecule has 0 saturated carbocycles. The second-order valence-corrected chi connectivity index (χ2v) is 9.43. The second-order valence-electron chi connectivity index (χ2n) is 9.43. The molecule has 0 radical (unpaired) electrons. The molecule has 1 atom stereocenters. The number of nitrogens with zero attached hydrogens (tertiary/aromatic N) is 1. The number of urea groups is 1. The lowest BCUT2D eigenvalue weighted by molar-refractivity contribution is -0.131. The van der Waals surface area contributed by atoms with E-state index in [1.54, 1.807) is 24.3 Å². The molecule has 3 amide bonds. The molecule has 1 heterocycles. The molecule has 4 rings (SSSR count). The summed E-state index contributed by atoms with van der Waals surface area (Å²) in [6.45, 7) is 4.94. The van der Waals surface area contributed by atoms with Crippen molar-refractivity contribution < 1.29 is 23.9 Å². The predicted octanol–water partition coefficient (Wildman–Crippen LogP) is 5.35. The molecule has 1 fully saturated rings. The Labute approximate surface area is 222 Å². The highest BCUT2D eigenvalue weighted by Crippen LogP contribution is 2.23. The van der Waals surface area contributed by atoms with Crippen LogP contribution >= 0.6 is 0 Å². The minimum Gasteiger partial charge on any atom is -0.491 e. The van der Waals surface area contributed by atoms with E-state index in [1.165, 1.54) is 7.11 Å². The molecule has 0 aliphatic carbocycles. The van der Waals surface area contributed by atoms with Gasteiger partial charge in [-0.1, -0.05) is 30.3 Å². The molecule has 1 aliphatic heterocycles. The molecule has 3 aromatic carbocycles. The standard InChI is InChI=1S/C30H33N3O5/c1-20-7-4-5-9-26(20)31-30(36)32-27-15-10-22(17-21(27)2)18-28(34)33-16-6-8-24(33)19-38-25-13-11-23(12-14-25)29(35)37-3/h4-5,7,9-15,17,24H,6,8,16,18-19H2,1-3H3,(H2,31,32,36)/t24-/m0/s1. The Kier molecular flexibility index (Phi) is 8.63. The molecular formula is C30H33N3O5. The van der Waals surface area contributed by atoms with Gasteiger partial charge in [-0.15, -0.1) is 0 Å². The van der Waals surface area contributed by atoms with Crippen LogP contribution in [0.25, 0.3) is 0 Å². The third-order valence-electron chi connectivity index (χ3n) is 6.70. The van der Waals surface area contributed by atoms with Crippen molar-refractivity contribution in [2.24, 2.45) is 0 Å². The Morgan fingerprint density at radius 1 is 0.921 bits per heavy atom. The fourth-order valence-corrected chi connectivity index (χ4v) is 4.58. The van der Waals surface area contributed by atoms with Crippen molar-refractivity contribution in [1.29, 1.82) is 0 Å². The first kappa shape index (κ1) is 26.7. The number of para-hydroxylation sites is 1. The molecule has 8 heteroatoms. The average Bonchev–Trinajstić information content (AvgIpc) is 3.39. The summed E-state index contributed by atoms with van der Waals surface area (Å²) >= 11 is 0. The highest BCUT2D eigenvalue weighted by molar-refractivity contribution is 6.00. The summed E-state index contributed by atoms with van der Waals surface area (Å²) in [5.74, 6) is 0.297. The number of benzene rings is 3. The highest BCUT2D eigenvalue weighted by Gasteiger charge is 2.29. The number of esters is 1. The quantitative estimate of drug-likeness (QED) is 0.395. The van der Waals surface area contributed by atoms with E-state index in [2.05, 4.69) is 10.6 Å². The van der Waals surface area contributed by atoms with Gasteiger partial charge in [0.25, 0.3) is 0 Å². The number of likely N-dealkylation sites (tertiary alicyclic amines) is 1. The molecule has 38 heavy (non-hydrogen) atoms. The molecular weight excluding hydrogens is 482 g/mol. The zero-order chi connectivity index (χ0) is 27.1. The van der Waals surface area contributed by atoms with Crippen LogP contribution < -0.4 is 15.4 Å². The summed E-state index contributed by atoms with van der Waals surface area (Å²) in [4.78, 5) is 39.1. The maximum atomic E-state index is 13.1. The van der Waals surface area contributed by atoms with E-state index in [0.717, 1.165) is 35.2 Å². The van der Waals surface area contributed by atoms with Gasteiger partial charge < -0.3 is 25.0 Å². The first-order chi connectivity index (χ1) is 18.3. The van der Waals surface area contributed by atoms with Crippen LogP contribution in [0.5, 0.6) is 5.75 Å². The van der Waals surface area contributed by atoms with Gasteiger partial charge in [0, 0.05) is 17.9 Å². The summed E-state index contributed by atoms with van der Waals surface area (Å²) in [6, 6.07) is 19.7. The van der Waals surface area contributed by atoms with E-state index in [4.69, 9.17) is 9.47 Å². The molecule has 0 spiro atoms. The van der Waals surface area contributed by atoms with Gasteiger partial charge in [-0.05, 0) is 79.8 Å². The number of hydrogen-bond acceptors (Lipinski definition) is 5. The summed E-state index contributed by atoms with van der Waals surface area (Å²) in [5.41, 5.74) is 4.66. The van der Waals surface area contributed by atoms with Crippen molar-refractivity contribution in [3.05, 3.63) is 89.0 Å². The molecule has 1 saturated heterocycles. The number of ether oxygens (including phenoxy) is 2. The molecule has 8 nitrogen and oxygen atoms in total. The number of nitrogens with one attached hydrogen (secondary N) is 2. The number of aryl methyl sites for hydroxylation is 2. The van der Waals surface area contributed by atoms with E-state index in [1.807, 2.05) is 61.2 Å². The number of amides is 3. The molecule has 0 bridgehead atoms. The van der Waals surface area contributed by atoms with Crippen LogP contribution in [-0.2, 0) is 16.0 Å². The van der Waals surface area contributed by atoms with Crippen molar-refractivity contribution in [3.63, 3.8) is 0 Å². The van der Waals surface area contributed by atoms with E-state index >= 15 is 0 Å². The summed E-state index contributed by atoms with van der Waals surface area (Å²) in [5, 5.41) is 5.75. The smallest absolute Gasteiger partial charge is 0.337 e. The molecule has 198 valence electrons. The van der Waals surface area contributed by atoms with Crippen LogP contribution in [0.4, 0.5) is 16.2 Å². The zero-order valence-corrected chi connectivity index (χ0v) is 22.0. The van der Waals surface area contributed by atoms with Crippen LogP contribution in [0.15, 0.2) is 66.7 Å². The zero-order valence-electron chi connectivity index (χ0n) is 22.0. The summed E-state index contributed by atoms with van der Waals surface area (Å²) in [6.07, 6.45) is 2.09. The van der Waals surface area contributed by atoms with Gasteiger partial charge in [-0.2, -0.15) is 0 Å². The van der Waals surface area contributed by atoms with E-state index in [-0.39, 0.29) is 24.4 Å². The van der Waals surface area contributed by atoms with Gasteiger partial charge in [0.2, 0.25) is 5.91 Å². The van der Waals surface area contributed by atoms with E-state index in [9.17, 15) is 14.4 Å². The molecule has 1 aliphatic rings. The van der Waals surface area contributed by atoms with Crippen molar-refractivity contribution in [1.82, 2.24) is 4.90 Å². The summed E-state index contributed by atoms with van der Waals surface area (Å²) in [7, 11) is 1.34. The Bertz CT molecular complexity index is 1310. The largest absolute Gasteiger partial charge is 0.491 e. The van der Waals surface area contributed by atoms with Gasteiger partial charge >= 0.3 is 12.0 Å². The monoisotopic (exact) mass is 515 g/mol. The number of hydrogen-bond donors (Lipinski definition) is 2. The van der Waals surface area contributed by atoms with Gasteiger partial charge in [-0.3, -0.25) is 4.79 Å². The fourth-order valence-electron chi connectivity index (χ4n) is 4.58. The van der Waals surface area contributed by atoms with Crippen molar-refractivity contribution in [3.8, 4) is 5.75 Å². The lowest BCUT2D eigenvalue weighted by atomic mass is 10.1. The molecule has 0 unspecified atom stereocenters. The lowest BCUT2D eigenvalue weighted by Crippen LogP contribution is -2.39. The van der Waals surface area contributed by atoms with Gasteiger partial charge in [0.1, 0.15) is 12.4 Å². The Balaban J connectivity index is 1.31. The van der Waals surface area contributed by atoms with Crippen molar-refractivity contribution in [2.45, 2.75) is 39.2 Å². The Hall–Kier alpha value is -4.33. The first-order valence-electron chi connectivity index (χ1n) is 12.7. The number of carbonyl (C=O) groups excluding carboxylic acids is 3. The number of rotatable bonds is 8. The van der Waals surface area contributed by atoms with Crippen LogP contribution in [0.1, 0.15) is 39.9 Å². The number of anilines is 2. The van der Waals surface area contributed by atoms with Gasteiger partial charge in [0.15, 0.2) is 0 Å². The normalized spacial score (nSPS) is 14.6. The molecule has 0 aromatic heterocycles. The topological polar surface area (TPSA) is 97.0 Å². The summed E-state index contributed by atoms with van der Waals surface area (Å²) < 4.78 is 10.6. The molecule has 3 aromatic rings. The minimum absolute atomic E-state index is 0.00467. The van der Waals surface area contributed by atoms with Crippen LogP contribution in [0.3, 0.4) is 0 Å². The number of carbonyl (C=O) groups is 3. The van der Waals surface area contributed by atoms with Crippen LogP contribution in [0.2, 0.25) is 0 Å². The van der Waals surface area contributed by atoms with E-state index < -0.39 is 5.97 Å². The Morgan fingerprint density at radius 2 is 1.63 bits per heavy atom. The van der Waals surface area contributed by atoms with Gasteiger partial charge in [0.05, 0.1) is 25.1 Å². The van der Waals surface area contributed by atoms with Gasteiger partial charge in [-0.25, -0.2) is 9.59 Å². The number of methoxy groups -OCH3 is 1. The van der Waals surface area contributed by atoms with Crippen molar-refractivity contribution in [2.75, 3.05) is 30.9 Å². The third kappa shape index (κ3) is 6.70. The fraction of sp³-hybridized carbons (Fsp3) is 0.300. The van der Waals surface area contributed by atoms with Crippen molar-refractivity contribution >= 4 is 29.3 Å². The molecule has 2 N–H and O–H groups in total. The lowest BCUT2D eigenvalue weighted by Gasteiger charge is -2.25. The first-order valence-corrected chi connectivity index (χ1v) is 12.7. The maximum absolute atomic E-state index is 13.1. The minimum atomic E-state index is -0.395. The average molecular weight is 516 g/mol. The van der Waals surface area contributed by atoms with Crippen LogP contribution in [-0.4, -0.2) is 49.1 Å². The maximum Gasteiger partial charge on any atom is 0.337 e. The van der Waals surface area contributed by atoms with E-state index in [0.29, 0.717) is 30.2 Å². The highest BCUT2D eigenvalue weighted by atomic mass is 16.5. The van der Waals surface area contributed by atoms with Crippen LogP contribution in [0, 0.1) is 13.8 Å². The Morgan fingerprint density at radius 3 is 2.32 bits per heavy atom. The predicted molar refractivity (Wildman–Crippen MR) is 147 cm³/mol. The second kappa shape index (κ2) is 12.3. The SMILES string of the molecule is COC(=O)c1ccc(OC[C@@H]2CCCN2C(=O)Cc2ccc(NC(=O)Nc3ccccc3C)c(C)c2)cc1.